The molecule has 16 heavy (non-hydrogen) atoms. The normalized spacial score (nSPS) is 14.6. The summed E-state index contributed by atoms with van der Waals surface area (Å²) in [4.78, 5) is 0. The van der Waals surface area contributed by atoms with Gasteiger partial charge in [0.05, 0.1) is 0 Å². The third kappa shape index (κ3) is 4.06. The third-order valence-corrected chi connectivity index (χ3v) is 1.31. The number of hydrogen-bond donors (Lipinski definition) is 0. The number of ether oxygens (including phenoxy) is 1. The van der Waals surface area contributed by atoms with E-state index in [0.717, 1.165) is 0 Å². The van der Waals surface area contributed by atoms with Gasteiger partial charge in [0.2, 0.25) is 0 Å². The maximum Gasteiger partial charge on any atom is 0.411 e. The summed E-state index contributed by atoms with van der Waals surface area (Å²) in [7, 11) is 0. The molecular weight excluding hydrogens is 259 g/mol. The van der Waals surface area contributed by atoms with Crippen LogP contribution in [0.15, 0.2) is 0 Å². The van der Waals surface area contributed by atoms with Gasteiger partial charge in [-0.15, -0.1) is 0 Å². The first kappa shape index (κ1) is 15.3. The molecule has 0 aliphatic carbocycles. The average Bonchev–Trinajstić information content (AvgIpc) is 2.00. The van der Waals surface area contributed by atoms with Crippen LogP contribution in [-0.2, 0) is 4.74 Å². The number of halogens is 9. The third-order valence-electron chi connectivity index (χ3n) is 1.31. The zero-order chi connectivity index (χ0) is 13.2. The first-order valence-electron chi connectivity index (χ1n) is 3.58. The SMILES string of the molecule is FC(F)C(F)(F)C(F)(F)COCC(F)(F)F. The average molecular weight is 264 g/mol. The van der Waals surface area contributed by atoms with E-state index in [2.05, 4.69) is 4.74 Å². The van der Waals surface area contributed by atoms with Crippen LogP contribution in [0.25, 0.3) is 0 Å². The van der Waals surface area contributed by atoms with E-state index >= 15 is 0 Å². The predicted molar refractivity (Wildman–Crippen MR) is 32.8 cm³/mol. The van der Waals surface area contributed by atoms with Crippen molar-refractivity contribution in [2.45, 2.75) is 24.4 Å². The summed E-state index contributed by atoms with van der Waals surface area (Å²) in [6, 6.07) is 0. The minimum atomic E-state index is -5.74. The summed E-state index contributed by atoms with van der Waals surface area (Å²) in [6.07, 6.45) is -9.70. The Labute approximate surface area is 83.2 Å². The van der Waals surface area contributed by atoms with Crippen LogP contribution in [0.3, 0.4) is 0 Å². The highest BCUT2D eigenvalue weighted by atomic mass is 19.4. The van der Waals surface area contributed by atoms with Gasteiger partial charge in [-0.2, -0.15) is 30.7 Å². The highest BCUT2D eigenvalue weighted by molar-refractivity contribution is 4.86. The molecular formula is C6H5F9O. The van der Waals surface area contributed by atoms with Crippen molar-refractivity contribution in [2.24, 2.45) is 0 Å². The van der Waals surface area contributed by atoms with Gasteiger partial charge in [0.25, 0.3) is 0 Å². The van der Waals surface area contributed by atoms with Gasteiger partial charge in [-0.1, -0.05) is 0 Å². The molecule has 10 heteroatoms. The molecule has 0 aliphatic rings. The van der Waals surface area contributed by atoms with E-state index in [1.807, 2.05) is 0 Å². The fraction of sp³-hybridized carbons (Fsp3) is 1.00. The first-order chi connectivity index (χ1) is 6.90. The molecule has 98 valence electrons. The fourth-order valence-electron chi connectivity index (χ4n) is 0.551. The molecule has 0 saturated heterocycles. The predicted octanol–water partition coefficient (Wildman–Crippen LogP) is 3.10. The topological polar surface area (TPSA) is 9.23 Å². The van der Waals surface area contributed by atoms with Crippen molar-refractivity contribution in [1.82, 2.24) is 0 Å². The summed E-state index contributed by atoms with van der Waals surface area (Å²) in [5.74, 6) is -11.1. The second-order valence-corrected chi connectivity index (χ2v) is 2.74. The van der Waals surface area contributed by atoms with Gasteiger partial charge in [0.15, 0.2) is 0 Å². The second kappa shape index (κ2) is 4.68. The Hall–Kier alpha value is -0.670. The molecule has 0 saturated carbocycles. The van der Waals surface area contributed by atoms with Crippen LogP contribution in [-0.4, -0.2) is 37.7 Å². The van der Waals surface area contributed by atoms with Crippen LogP contribution < -0.4 is 0 Å². The zero-order valence-corrected chi connectivity index (χ0v) is 7.30. The molecule has 0 heterocycles. The maximum absolute atomic E-state index is 12.3. The molecule has 0 N–H and O–H groups in total. The highest BCUT2D eigenvalue weighted by Gasteiger charge is 2.63. The Morgan fingerprint density at radius 1 is 0.812 bits per heavy atom. The largest absolute Gasteiger partial charge is 0.411 e. The van der Waals surface area contributed by atoms with Crippen LogP contribution in [0.1, 0.15) is 0 Å². The Balaban J connectivity index is 4.36. The van der Waals surface area contributed by atoms with E-state index in [4.69, 9.17) is 0 Å². The van der Waals surface area contributed by atoms with Crippen LogP contribution in [0.5, 0.6) is 0 Å². The quantitative estimate of drug-likeness (QED) is 0.693. The minimum Gasteiger partial charge on any atom is -0.366 e. The molecule has 0 aromatic heterocycles. The molecule has 0 amide bonds. The van der Waals surface area contributed by atoms with Crippen molar-refractivity contribution >= 4 is 0 Å². The molecule has 0 spiro atoms. The molecule has 0 rings (SSSR count). The minimum absolute atomic E-state index is 2.22. The van der Waals surface area contributed by atoms with E-state index in [1.165, 1.54) is 0 Å². The van der Waals surface area contributed by atoms with Crippen LogP contribution in [0, 0.1) is 0 Å². The van der Waals surface area contributed by atoms with Crippen LogP contribution in [0.2, 0.25) is 0 Å². The lowest BCUT2D eigenvalue weighted by atomic mass is 10.2. The van der Waals surface area contributed by atoms with E-state index in [-0.39, 0.29) is 0 Å². The summed E-state index contributed by atoms with van der Waals surface area (Å²) in [6.45, 7) is -4.66. The van der Waals surface area contributed by atoms with Gasteiger partial charge in [-0.05, 0) is 0 Å². The number of hydrogen-bond acceptors (Lipinski definition) is 1. The fourth-order valence-corrected chi connectivity index (χ4v) is 0.551. The van der Waals surface area contributed by atoms with Gasteiger partial charge in [-0.3, -0.25) is 0 Å². The van der Waals surface area contributed by atoms with Crippen molar-refractivity contribution < 1.29 is 44.3 Å². The van der Waals surface area contributed by atoms with E-state index < -0.39 is 37.7 Å². The first-order valence-corrected chi connectivity index (χ1v) is 3.58. The summed E-state index contributed by atoms with van der Waals surface area (Å²) in [5.41, 5.74) is 0. The van der Waals surface area contributed by atoms with E-state index in [1.54, 1.807) is 0 Å². The van der Waals surface area contributed by atoms with Crippen molar-refractivity contribution in [3.8, 4) is 0 Å². The Morgan fingerprint density at radius 3 is 1.56 bits per heavy atom. The number of rotatable bonds is 5. The summed E-state index contributed by atoms with van der Waals surface area (Å²) in [5, 5.41) is 0. The Morgan fingerprint density at radius 2 is 1.25 bits per heavy atom. The number of alkyl halides is 9. The van der Waals surface area contributed by atoms with Gasteiger partial charge in [0, 0.05) is 0 Å². The van der Waals surface area contributed by atoms with Crippen molar-refractivity contribution in [1.29, 1.82) is 0 Å². The molecule has 0 aromatic rings. The van der Waals surface area contributed by atoms with Gasteiger partial charge in [-0.25, -0.2) is 8.78 Å². The lowest BCUT2D eigenvalue weighted by Crippen LogP contribution is -2.49. The van der Waals surface area contributed by atoms with Gasteiger partial charge >= 0.3 is 24.4 Å². The van der Waals surface area contributed by atoms with E-state index in [0.29, 0.717) is 0 Å². The smallest absolute Gasteiger partial charge is 0.366 e. The molecule has 0 atom stereocenters. The Kier molecular flexibility index (Phi) is 4.48. The highest BCUT2D eigenvalue weighted by Crippen LogP contribution is 2.39. The lowest BCUT2D eigenvalue weighted by Gasteiger charge is -2.25. The zero-order valence-electron chi connectivity index (χ0n) is 7.30. The van der Waals surface area contributed by atoms with Gasteiger partial charge in [0.1, 0.15) is 13.2 Å². The lowest BCUT2D eigenvalue weighted by molar-refractivity contribution is -0.286. The summed E-state index contributed by atoms with van der Waals surface area (Å²) < 4.78 is 109. The maximum atomic E-state index is 12.3. The van der Waals surface area contributed by atoms with E-state index in [9.17, 15) is 39.5 Å². The molecule has 0 radical (unpaired) electrons. The molecule has 0 aliphatic heterocycles. The standard InChI is InChI=1S/C6H5F9O/c7-3(8)6(14,15)4(9,10)1-16-2-5(11,12)13/h3H,1-2H2. The summed E-state index contributed by atoms with van der Waals surface area (Å²) >= 11 is 0. The van der Waals surface area contributed by atoms with Crippen molar-refractivity contribution in [2.75, 3.05) is 13.2 Å². The molecule has 0 aromatic carbocycles. The Bertz CT molecular complexity index is 221. The molecule has 0 bridgehead atoms. The molecule has 1 nitrogen and oxygen atoms in total. The van der Waals surface area contributed by atoms with Crippen LogP contribution in [0.4, 0.5) is 39.5 Å². The second-order valence-electron chi connectivity index (χ2n) is 2.74. The molecule has 0 fully saturated rings. The molecule has 0 unspecified atom stereocenters. The van der Waals surface area contributed by atoms with Gasteiger partial charge < -0.3 is 4.74 Å². The monoisotopic (exact) mass is 264 g/mol. The van der Waals surface area contributed by atoms with Crippen molar-refractivity contribution in [3.63, 3.8) is 0 Å². The van der Waals surface area contributed by atoms with Crippen LogP contribution >= 0.6 is 0 Å². The van der Waals surface area contributed by atoms with Crippen molar-refractivity contribution in [3.05, 3.63) is 0 Å².